The monoisotopic (exact) mass is 2170 g/mol. The summed E-state index contributed by atoms with van der Waals surface area (Å²) in [5, 5.41) is 27.3. The first-order valence-electron chi connectivity index (χ1n) is 47.4. The predicted octanol–water partition coefficient (Wildman–Crippen LogP) is 11.9. The van der Waals surface area contributed by atoms with Gasteiger partial charge in [0.2, 0.25) is 143 Å². The summed E-state index contributed by atoms with van der Waals surface area (Å²) in [7, 11) is 24.4. The van der Waals surface area contributed by atoms with Gasteiger partial charge in [0.05, 0.1) is 0 Å². The van der Waals surface area contributed by atoms with Crippen molar-refractivity contribution in [2.24, 2.45) is 0 Å². The van der Waals surface area contributed by atoms with Gasteiger partial charge in [0.1, 0.15) is 0 Å². The van der Waals surface area contributed by atoms with Crippen LogP contribution in [0, 0.1) is 48.5 Å². The van der Waals surface area contributed by atoms with Gasteiger partial charge < -0.3 is 129 Å². The molecule has 0 spiro atoms. The van der Waals surface area contributed by atoms with Crippen molar-refractivity contribution in [3.63, 3.8) is 0 Å². The Bertz CT molecular complexity index is 6550. The number of likely N-dealkylation sites (N-methyl/N-ethyl adjacent to an activating group) is 3. The van der Waals surface area contributed by atoms with Crippen LogP contribution in [0.15, 0.2) is 108 Å². The van der Waals surface area contributed by atoms with E-state index in [0.717, 1.165) is 110 Å². The van der Waals surface area contributed by atoms with E-state index in [2.05, 4.69) is 320 Å². The van der Waals surface area contributed by atoms with Crippen LogP contribution in [0.25, 0.3) is 0 Å². The highest BCUT2D eigenvalue weighted by molar-refractivity contribution is 7.13. The molecular weight excluding hydrogens is 2030 g/mol. The van der Waals surface area contributed by atoms with E-state index in [0.29, 0.717) is 89.2 Å². The lowest BCUT2D eigenvalue weighted by atomic mass is 10.1. The van der Waals surface area contributed by atoms with Crippen molar-refractivity contribution in [3.05, 3.63) is 177 Å². The number of nitrogens with zero attached hydrogens (tertiary/aromatic N) is 30. The van der Waals surface area contributed by atoms with Crippen molar-refractivity contribution >= 4 is 222 Å². The summed E-state index contributed by atoms with van der Waals surface area (Å²) in [6.07, 6.45) is 13.0. The Labute approximate surface area is 898 Å². The first-order valence-corrected chi connectivity index (χ1v) is 53.1. The van der Waals surface area contributed by atoms with Crippen molar-refractivity contribution in [1.82, 2.24) is 120 Å². The summed E-state index contributed by atoms with van der Waals surface area (Å²) in [5.74, 6) is 9.71. The third-order valence-electron chi connectivity index (χ3n) is 20.5. The van der Waals surface area contributed by atoms with E-state index < -0.39 is 0 Å². The number of allylic oxidation sites excluding steroid dienone is 3. The van der Waals surface area contributed by atoms with Gasteiger partial charge in [0.25, 0.3) is 0 Å². The molecule has 798 valence electrons. The second-order valence-electron chi connectivity index (χ2n) is 33.7. The molecule has 48 nitrogen and oxygen atoms in total. The van der Waals surface area contributed by atoms with Crippen molar-refractivity contribution in [1.29, 1.82) is 0 Å². The minimum Gasteiger partial charge on any atom is -0.368 e. The van der Waals surface area contributed by atoms with E-state index in [1.165, 1.54) is 79.4 Å². The smallest absolute Gasteiger partial charge is 0.231 e. The predicted molar refractivity (Wildman–Crippen MR) is 622 cm³/mol. The Morgan fingerprint density at radius 1 is 0.228 bits per heavy atom. The molecule has 0 saturated heterocycles. The molecule has 0 fully saturated rings. The SMILES string of the molecule is CC1=C(CCNc2nc(N)nc(N)n2)C=CC1.CNc1nc(N)nc(N(C)CCc2ccc(C)s2)n1.CNc1nc(N)nc(NCCc2ccc(C)s2)n1.CNc1nc(NC)nc(NCCc2ccc(C)s2)n1.Cc1ccc(CCN(C)c2nc(N)nc(N(C)C)n2)s1.Cc1ccc(CCN(C)c2nc(N)nc(N)n2)s1.Cc1ccc(CCNc2nc(N(C)C)nc(N(C)C)n2)s1.Cc1ccc(CCNc2nc(N)nc(N)n2)s1. The maximum Gasteiger partial charge on any atom is 0.231 e. The molecule has 0 radical (unpaired) electrons. The second-order valence-corrected chi connectivity index (χ2v) is 43.3. The van der Waals surface area contributed by atoms with E-state index in [-0.39, 0.29) is 53.5 Å². The van der Waals surface area contributed by atoms with Gasteiger partial charge in [-0.1, -0.05) is 17.7 Å². The summed E-state index contributed by atoms with van der Waals surface area (Å²) in [5.41, 5.74) is 52.7. The highest BCUT2D eigenvalue weighted by Crippen LogP contribution is 2.27. The third-order valence-corrected chi connectivity index (χ3v) is 27.9. The molecule has 0 saturated carbocycles. The zero-order valence-electron chi connectivity index (χ0n) is 88.2. The number of nitrogens with two attached hydrogens (primary N) is 9. The van der Waals surface area contributed by atoms with E-state index in [9.17, 15) is 0 Å². The molecule has 15 heterocycles. The fourth-order valence-electron chi connectivity index (χ4n) is 13.0. The van der Waals surface area contributed by atoms with Crippen LogP contribution in [-0.4, -0.2) is 264 Å². The van der Waals surface area contributed by atoms with Gasteiger partial charge in [-0.15, -0.1) is 79.4 Å². The number of nitrogen functional groups attached to an aromatic ring is 9. The van der Waals surface area contributed by atoms with Gasteiger partial charge in [-0.05, 0) is 204 Å². The van der Waals surface area contributed by atoms with Crippen LogP contribution in [0.5, 0.6) is 0 Å². The number of aryl methyl sites for hydroxylation is 7. The maximum absolute atomic E-state index is 5.73. The average molecular weight is 2170 g/mol. The van der Waals surface area contributed by atoms with Crippen LogP contribution in [-0.2, 0) is 44.9 Å². The molecule has 149 heavy (non-hydrogen) atoms. The van der Waals surface area contributed by atoms with Crippen molar-refractivity contribution < 1.29 is 0 Å². The fourth-order valence-corrected chi connectivity index (χ4v) is 19.2. The minimum absolute atomic E-state index is 0.131. The van der Waals surface area contributed by atoms with Crippen LogP contribution >= 0.6 is 79.4 Å². The molecule has 16 rings (SSSR count). The van der Waals surface area contributed by atoms with Crippen molar-refractivity contribution in [2.75, 3.05) is 273 Å². The third kappa shape index (κ3) is 42.6. The number of hydrogen-bond acceptors (Lipinski definition) is 55. The van der Waals surface area contributed by atoms with Gasteiger partial charge in [0, 0.05) is 212 Å². The minimum atomic E-state index is 0.131. The molecule has 27 N–H and O–H groups in total. The molecule has 0 atom stereocenters. The number of nitrogens with one attached hydrogen (secondary N) is 9. The maximum atomic E-state index is 5.73. The summed E-state index contributed by atoms with van der Waals surface area (Å²) in [6, 6.07) is 30.0. The topological polar surface area (TPSA) is 671 Å². The lowest BCUT2D eigenvalue weighted by Gasteiger charge is -2.18. The summed E-state index contributed by atoms with van der Waals surface area (Å²) in [6.45, 7) is 23.3. The van der Waals surface area contributed by atoms with Crippen molar-refractivity contribution in [3.8, 4) is 0 Å². The Morgan fingerprint density at radius 2 is 0.430 bits per heavy atom. The summed E-state index contributed by atoms with van der Waals surface area (Å²) < 4.78 is 0. The fraction of sp³-hybridized carbons (Fsp3) is 0.404. The van der Waals surface area contributed by atoms with Crippen LogP contribution in [0.3, 0.4) is 0 Å². The first-order chi connectivity index (χ1) is 71.2. The highest BCUT2D eigenvalue weighted by atomic mass is 32.1. The molecule has 15 aromatic rings. The van der Waals surface area contributed by atoms with E-state index >= 15 is 0 Å². The van der Waals surface area contributed by atoms with E-state index in [1.54, 1.807) is 62.2 Å². The van der Waals surface area contributed by atoms with Gasteiger partial charge in [-0.25, -0.2) is 0 Å². The Morgan fingerprint density at radius 3 is 0.718 bits per heavy atom. The number of rotatable bonds is 39. The zero-order chi connectivity index (χ0) is 108. The van der Waals surface area contributed by atoms with Crippen LogP contribution in [0.2, 0.25) is 0 Å². The van der Waals surface area contributed by atoms with Crippen LogP contribution in [0.4, 0.5) is 143 Å². The summed E-state index contributed by atoms with van der Waals surface area (Å²) >= 11 is 12.7. The van der Waals surface area contributed by atoms with Crippen LogP contribution in [0.1, 0.15) is 88.0 Å². The zero-order valence-corrected chi connectivity index (χ0v) is 93.9. The highest BCUT2D eigenvalue weighted by Gasteiger charge is 2.18. The van der Waals surface area contributed by atoms with E-state index in [1.807, 2.05) is 138 Å². The molecule has 0 amide bonds. The molecule has 0 unspecified atom stereocenters. The van der Waals surface area contributed by atoms with Gasteiger partial charge in [-0.2, -0.15) is 120 Å². The molecule has 15 aromatic heterocycles. The number of thiophene rings is 7. The first kappa shape index (κ1) is 117. The second kappa shape index (κ2) is 60.1. The summed E-state index contributed by atoms with van der Waals surface area (Å²) in [4.78, 5) is 128. The largest absolute Gasteiger partial charge is 0.368 e. The van der Waals surface area contributed by atoms with Crippen molar-refractivity contribution in [2.45, 2.75) is 113 Å². The molecule has 0 aromatic carbocycles. The number of anilines is 24. The average Bonchev–Trinajstić information content (AvgIpc) is 1.57. The molecule has 1 aliphatic carbocycles. The molecule has 1 aliphatic rings. The lowest BCUT2D eigenvalue weighted by molar-refractivity contribution is 0.831. The standard InChI is InChI=1S/C14H22N6S.C13H20N6S.2C12H18N6S.2C11H16N6S.C11H16N6.C10H14N6S/c1-10-6-7-11(21-10)8-9-15-12-16-13(19(2)3)18-14(17-12)20(4)5;1-9-5-6-10(20-9)7-8-19(4)13-16-11(14)15-12(17-13)18(2)3;1-8-4-5-9(19-8)6-7-18(3)12-16-10(13)15-11(14-2)17-12;1-8-4-5-9(19-8)6-7-15-12-17-10(13-2)16-11(14-3)18-12;1-7-3-4-8(18-7)5-6-17(2)11-15-9(12)14-10(13)16-11;1-7-3-4-8(18-7)5-6-14-11-16-9(12)15-10(13-2)17-11;1-7-3-2-4-8(7)5-6-14-11-16-9(12)15-10(13)17-11;1-6-2-3-7(17-6)4-5-13-10-15-8(11)14-9(12)16-10/h6-7H,8-9H2,1-5H3,(H,15,16,17,18);5-6H,7-8H2,1-4H3,(H2,14,15,16,17);4-5H,6-7H2,1-3H3,(H3,13,14,15,16,17);4-5H,6-7H2,1-3H3,(H3,13,14,15,16,17,18);3-4H,5-6H2,1-2H3,(H4,12,13,14,15,16);3-4H,5-6H2,1-2H3,(H4,12,13,14,15,16,17);2,4H,3,5-6H2,1H3,(H5,12,13,14,15,16,17);2-3H,4-5H2,1H3,(H5,11,12,13,14,15,16). The normalized spacial score (nSPS) is 10.9. The molecule has 0 aliphatic heterocycles. The Hall–Kier alpha value is -15.3. The van der Waals surface area contributed by atoms with E-state index in [4.69, 9.17) is 51.6 Å². The Kier molecular flexibility index (Phi) is 47.3. The van der Waals surface area contributed by atoms with Crippen LogP contribution < -0.4 is 129 Å². The number of aromatic nitrogens is 24. The number of hydrogen-bond donors (Lipinski definition) is 18. The van der Waals surface area contributed by atoms with Gasteiger partial charge in [0.15, 0.2) is 0 Å². The molecule has 55 heteroatoms. The van der Waals surface area contributed by atoms with Gasteiger partial charge in [-0.3, -0.25) is 0 Å². The molecule has 0 bridgehead atoms. The molecular formula is C94H140N48S7. The quantitative estimate of drug-likeness (QED) is 0.0170. The van der Waals surface area contributed by atoms with Gasteiger partial charge >= 0.3 is 0 Å². The Balaban J connectivity index is 0.000000189. The lowest BCUT2D eigenvalue weighted by Crippen LogP contribution is -2.25.